The molecule has 0 saturated carbocycles. The summed E-state index contributed by atoms with van der Waals surface area (Å²) in [5.74, 6) is -0.451. The Kier molecular flexibility index (Phi) is 4.51. The maximum absolute atomic E-state index is 13.3. The lowest BCUT2D eigenvalue weighted by Crippen LogP contribution is -2.29. The van der Waals surface area contributed by atoms with Crippen molar-refractivity contribution in [3.8, 4) is 5.75 Å². The van der Waals surface area contributed by atoms with Crippen LogP contribution in [0.3, 0.4) is 0 Å². The van der Waals surface area contributed by atoms with E-state index in [2.05, 4.69) is 5.32 Å². The predicted molar refractivity (Wildman–Crippen MR) is 106 cm³/mol. The molecule has 2 aliphatic rings. The van der Waals surface area contributed by atoms with Crippen LogP contribution in [0.1, 0.15) is 41.3 Å². The van der Waals surface area contributed by atoms with Crippen LogP contribution < -0.4 is 10.1 Å². The zero-order valence-electron chi connectivity index (χ0n) is 16.0. The van der Waals surface area contributed by atoms with E-state index < -0.39 is 11.9 Å². The number of hydrogen-bond donors (Lipinski definition) is 1. The molecule has 0 spiro atoms. The summed E-state index contributed by atoms with van der Waals surface area (Å²) in [4.78, 5) is 26.2. The molecular weight excluding hydrogens is 354 g/mol. The maximum Gasteiger partial charge on any atom is 0.336 e. The first-order chi connectivity index (χ1) is 13.6. The van der Waals surface area contributed by atoms with Crippen molar-refractivity contribution in [2.45, 2.75) is 19.8 Å². The lowest BCUT2D eigenvalue weighted by molar-refractivity contribution is -0.138. The number of hydrogen-bond acceptors (Lipinski definition) is 5. The molecule has 0 aromatic heterocycles. The zero-order valence-corrected chi connectivity index (χ0v) is 16.0. The first kappa shape index (κ1) is 18.0. The highest BCUT2D eigenvalue weighted by Crippen LogP contribution is 2.48. The lowest BCUT2D eigenvalue weighted by atomic mass is 9.79. The van der Waals surface area contributed by atoms with Gasteiger partial charge in [-0.3, -0.25) is 4.79 Å². The number of ether oxygens (including phenoxy) is 2. The van der Waals surface area contributed by atoms with Crippen LogP contribution in [0.15, 0.2) is 65.4 Å². The fraction of sp³-hybridized carbons (Fsp3) is 0.217. The van der Waals surface area contributed by atoms with E-state index in [1.807, 2.05) is 55.5 Å². The molecule has 2 aromatic carbocycles. The largest absolute Gasteiger partial charge is 0.496 e. The predicted octanol–water partition coefficient (Wildman–Crippen LogP) is 3.83. The Bertz CT molecular complexity index is 1050. The number of methoxy groups -OCH3 is 1. The molecule has 1 N–H and O–H groups in total. The Morgan fingerprint density at radius 1 is 1.07 bits per heavy atom. The van der Waals surface area contributed by atoms with Gasteiger partial charge in [-0.2, -0.15) is 0 Å². The number of carbonyl (C=O) groups is 2. The number of ketones is 1. The van der Waals surface area contributed by atoms with E-state index in [0.29, 0.717) is 28.2 Å². The van der Waals surface area contributed by atoms with Crippen LogP contribution in [0.5, 0.6) is 5.75 Å². The molecule has 28 heavy (non-hydrogen) atoms. The van der Waals surface area contributed by atoms with Crippen molar-refractivity contribution >= 4 is 17.4 Å². The van der Waals surface area contributed by atoms with Gasteiger partial charge >= 0.3 is 5.97 Å². The standard InChI is InChI=1S/C23H21NO4/c1-4-28-23(26)18-13(2)24-21-14-9-5-6-10-15(14)22(25)20(21)19(18)16-11-7-8-12-17(16)27-3/h5-12,19,24H,4H2,1-3H3. The maximum atomic E-state index is 13.3. The highest BCUT2D eigenvalue weighted by molar-refractivity contribution is 6.23. The summed E-state index contributed by atoms with van der Waals surface area (Å²) in [5.41, 5.74) is 4.68. The van der Waals surface area contributed by atoms with Gasteiger partial charge in [0.15, 0.2) is 5.78 Å². The zero-order chi connectivity index (χ0) is 19.8. The molecular formula is C23H21NO4. The van der Waals surface area contributed by atoms with Gasteiger partial charge in [-0.05, 0) is 19.9 Å². The van der Waals surface area contributed by atoms with Crippen molar-refractivity contribution < 1.29 is 19.1 Å². The van der Waals surface area contributed by atoms with Gasteiger partial charge in [0.05, 0.1) is 30.9 Å². The molecule has 0 bridgehead atoms. The molecule has 1 aliphatic heterocycles. The quantitative estimate of drug-likeness (QED) is 0.823. The van der Waals surface area contributed by atoms with Gasteiger partial charge in [0, 0.05) is 28.0 Å². The van der Waals surface area contributed by atoms with Gasteiger partial charge in [0.2, 0.25) is 0 Å². The van der Waals surface area contributed by atoms with Crippen LogP contribution in [-0.2, 0) is 9.53 Å². The molecule has 0 fully saturated rings. The average molecular weight is 375 g/mol. The van der Waals surface area contributed by atoms with Gasteiger partial charge in [-0.1, -0.05) is 42.5 Å². The van der Waals surface area contributed by atoms with E-state index >= 15 is 0 Å². The van der Waals surface area contributed by atoms with Crippen molar-refractivity contribution in [2.75, 3.05) is 13.7 Å². The summed E-state index contributed by atoms with van der Waals surface area (Å²) in [6.07, 6.45) is 0. The molecule has 2 aromatic rings. The molecule has 4 rings (SSSR count). The Morgan fingerprint density at radius 2 is 1.75 bits per heavy atom. The molecule has 1 unspecified atom stereocenters. The Morgan fingerprint density at radius 3 is 2.46 bits per heavy atom. The molecule has 142 valence electrons. The number of nitrogens with one attached hydrogen (secondary N) is 1. The van der Waals surface area contributed by atoms with Gasteiger partial charge < -0.3 is 14.8 Å². The molecule has 0 saturated heterocycles. The van der Waals surface area contributed by atoms with Gasteiger partial charge in [0.1, 0.15) is 5.75 Å². The second-order valence-corrected chi connectivity index (χ2v) is 6.72. The molecule has 1 aliphatic carbocycles. The number of fused-ring (bicyclic) bond motifs is 2. The van der Waals surface area contributed by atoms with Gasteiger partial charge in [-0.25, -0.2) is 4.79 Å². The summed E-state index contributed by atoms with van der Waals surface area (Å²) in [5, 5.41) is 3.29. The summed E-state index contributed by atoms with van der Waals surface area (Å²) in [6.45, 7) is 3.86. The third-order valence-electron chi connectivity index (χ3n) is 5.19. The number of esters is 1. The van der Waals surface area contributed by atoms with Gasteiger partial charge in [0.25, 0.3) is 0 Å². The summed E-state index contributed by atoms with van der Waals surface area (Å²) in [6, 6.07) is 15.0. The number of Topliss-reactive ketones (excluding diaryl/α,β-unsaturated/α-hetero) is 1. The second kappa shape index (κ2) is 7.00. The van der Waals surface area contributed by atoms with Crippen molar-refractivity contribution in [3.63, 3.8) is 0 Å². The van der Waals surface area contributed by atoms with Crippen LogP contribution in [-0.4, -0.2) is 25.5 Å². The normalized spacial score (nSPS) is 17.8. The van der Waals surface area contributed by atoms with Crippen LogP contribution in [0, 0.1) is 0 Å². The minimum atomic E-state index is -0.564. The van der Waals surface area contributed by atoms with E-state index in [1.54, 1.807) is 14.0 Å². The molecule has 1 heterocycles. The van der Waals surface area contributed by atoms with E-state index in [-0.39, 0.29) is 12.4 Å². The summed E-state index contributed by atoms with van der Waals surface area (Å²) >= 11 is 0. The van der Waals surface area contributed by atoms with Crippen LogP contribution in [0.4, 0.5) is 0 Å². The first-order valence-electron chi connectivity index (χ1n) is 9.24. The minimum Gasteiger partial charge on any atom is -0.496 e. The average Bonchev–Trinajstić information content (AvgIpc) is 2.99. The summed E-state index contributed by atoms with van der Waals surface area (Å²) in [7, 11) is 1.58. The van der Waals surface area contributed by atoms with E-state index in [0.717, 1.165) is 16.8 Å². The number of rotatable bonds is 4. The van der Waals surface area contributed by atoms with Crippen LogP contribution >= 0.6 is 0 Å². The van der Waals surface area contributed by atoms with Gasteiger partial charge in [-0.15, -0.1) is 0 Å². The third kappa shape index (κ3) is 2.62. The molecule has 1 atom stereocenters. The fourth-order valence-corrected chi connectivity index (χ4v) is 4.02. The highest BCUT2D eigenvalue weighted by atomic mass is 16.5. The Hall–Kier alpha value is -3.34. The van der Waals surface area contributed by atoms with E-state index in [9.17, 15) is 9.59 Å². The van der Waals surface area contributed by atoms with Crippen LogP contribution in [0.25, 0.3) is 5.70 Å². The molecule has 0 radical (unpaired) electrons. The van der Waals surface area contributed by atoms with Crippen molar-refractivity contribution in [1.29, 1.82) is 0 Å². The fourth-order valence-electron chi connectivity index (χ4n) is 4.02. The number of para-hydroxylation sites is 1. The van der Waals surface area contributed by atoms with Crippen molar-refractivity contribution in [1.82, 2.24) is 5.32 Å². The number of dihydropyridines is 1. The number of allylic oxidation sites excluding steroid dienone is 2. The number of benzene rings is 2. The van der Waals surface area contributed by atoms with Crippen molar-refractivity contribution in [2.24, 2.45) is 0 Å². The third-order valence-corrected chi connectivity index (χ3v) is 5.19. The Balaban J connectivity index is 1.96. The van der Waals surface area contributed by atoms with E-state index in [1.165, 1.54) is 0 Å². The van der Waals surface area contributed by atoms with Crippen LogP contribution in [0.2, 0.25) is 0 Å². The topological polar surface area (TPSA) is 64.6 Å². The minimum absolute atomic E-state index is 0.0803. The monoisotopic (exact) mass is 375 g/mol. The smallest absolute Gasteiger partial charge is 0.336 e. The Labute approximate surface area is 163 Å². The second-order valence-electron chi connectivity index (χ2n) is 6.72. The number of carbonyl (C=O) groups excluding carboxylic acids is 2. The molecule has 0 amide bonds. The lowest BCUT2D eigenvalue weighted by Gasteiger charge is -2.30. The SMILES string of the molecule is CCOC(=O)C1=C(C)NC2=C(C(=O)c3ccccc32)C1c1ccccc1OC. The van der Waals surface area contributed by atoms with Crippen molar-refractivity contribution in [3.05, 3.63) is 82.1 Å². The van der Waals surface area contributed by atoms with E-state index in [4.69, 9.17) is 9.47 Å². The molecule has 5 nitrogen and oxygen atoms in total. The summed E-state index contributed by atoms with van der Waals surface area (Å²) < 4.78 is 10.9. The molecule has 5 heteroatoms. The highest BCUT2D eigenvalue weighted by Gasteiger charge is 2.43. The first-order valence-corrected chi connectivity index (χ1v) is 9.24.